The van der Waals surface area contributed by atoms with Crippen LogP contribution >= 0.6 is 0 Å². The van der Waals surface area contributed by atoms with Gasteiger partial charge in [0.1, 0.15) is 11.6 Å². The quantitative estimate of drug-likeness (QED) is 0.282. The molecule has 0 aromatic heterocycles. The van der Waals surface area contributed by atoms with Crippen LogP contribution in [-0.2, 0) is 0 Å². The minimum Gasteiger partial charge on any atom is -0.494 e. The fraction of sp³-hybridized carbons (Fsp3) is 0.0714. The zero-order chi connectivity index (χ0) is 22.5. The Morgan fingerprint density at radius 3 is 2.06 bits per heavy atom. The Kier molecular flexibility index (Phi) is 6.41. The highest BCUT2D eigenvalue weighted by Gasteiger charge is 2.13. The average Bonchev–Trinajstić information content (AvgIpc) is 2.81. The van der Waals surface area contributed by atoms with Gasteiger partial charge in [0.05, 0.1) is 6.61 Å². The van der Waals surface area contributed by atoms with Gasteiger partial charge in [0, 0.05) is 22.8 Å². The molecule has 4 heteroatoms. The standard InChI is InChI=1S/C28H21F3O/c1-2-32-23-15-17-24(26(29)18-23)21-11-8-19(9-12-21)10-13-22-14-16-25(28(31)27(22)30)20-6-4-3-5-7-20/h3-18H,2H2,1H3/b13-10+. The van der Waals surface area contributed by atoms with Gasteiger partial charge in [-0.05, 0) is 35.7 Å². The van der Waals surface area contributed by atoms with E-state index >= 15 is 0 Å². The summed E-state index contributed by atoms with van der Waals surface area (Å²) < 4.78 is 48.9. The van der Waals surface area contributed by atoms with Gasteiger partial charge in [0.15, 0.2) is 11.6 Å². The summed E-state index contributed by atoms with van der Waals surface area (Å²) in [7, 11) is 0. The monoisotopic (exact) mass is 430 g/mol. The van der Waals surface area contributed by atoms with Crippen molar-refractivity contribution in [1.82, 2.24) is 0 Å². The second-order valence-corrected chi connectivity index (χ2v) is 7.23. The van der Waals surface area contributed by atoms with E-state index in [0.29, 0.717) is 29.0 Å². The molecule has 160 valence electrons. The number of benzene rings is 4. The van der Waals surface area contributed by atoms with E-state index in [9.17, 15) is 13.2 Å². The van der Waals surface area contributed by atoms with Gasteiger partial charge in [0.25, 0.3) is 0 Å². The molecule has 0 atom stereocenters. The summed E-state index contributed by atoms with van der Waals surface area (Å²) in [5, 5.41) is 0. The minimum atomic E-state index is -0.893. The van der Waals surface area contributed by atoms with Crippen LogP contribution in [0.5, 0.6) is 5.75 Å². The van der Waals surface area contributed by atoms with Crippen LogP contribution in [-0.4, -0.2) is 6.61 Å². The number of hydrogen-bond donors (Lipinski definition) is 0. The van der Waals surface area contributed by atoms with Gasteiger partial charge in [-0.1, -0.05) is 78.9 Å². The average molecular weight is 430 g/mol. The van der Waals surface area contributed by atoms with Gasteiger partial charge >= 0.3 is 0 Å². The Morgan fingerprint density at radius 2 is 1.38 bits per heavy atom. The normalized spacial score (nSPS) is 11.1. The van der Waals surface area contributed by atoms with Crippen LogP contribution in [0.3, 0.4) is 0 Å². The topological polar surface area (TPSA) is 9.23 Å². The van der Waals surface area contributed by atoms with Crippen molar-refractivity contribution < 1.29 is 17.9 Å². The second kappa shape index (κ2) is 9.56. The van der Waals surface area contributed by atoms with E-state index in [0.717, 1.165) is 5.56 Å². The molecule has 0 unspecified atom stereocenters. The minimum absolute atomic E-state index is 0.156. The Hall–Kier alpha value is -3.79. The molecule has 4 aromatic carbocycles. The zero-order valence-corrected chi connectivity index (χ0v) is 17.5. The first-order valence-corrected chi connectivity index (χ1v) is 10.3. The smallest absolute Gasteiger partial charge is 0.167 e. The van der Waals surface area contributed by atoms with Crippen LogP contribution in [0.4, 0.5) is 13.2 Å². The predicted molar refractivity (Wildman–Crippen MR) is 124 cm³/mol. The van der Waals surface area contributed by atoms with E-state index < -0.39 is 11.6 Å². The van der Waals surface area contributed by atoms with Crippen molar-refractivity contribution in [2.45, 2.75) is 6.92 Å². The Bertz CT molecular complexity index is 1250. The van der Waals surface area contributed by atoms with Crippen molar-refractivity contribution in [3.05, 3.63) is 114 Å². The second-order valence-electron chi connectivity index (χ2n) is 7.23. The molecule has 0 amide bonds. The molecular formula is C28H21F3O. The van der Waals surface area contributed by atoms with E-state index in [4.69, 9.17) is 4.74 Å². The lowest BCUT2D eigenvalue weighted by Gasteiger charge is -2.08. The maximum atomic E-state index is 14.6. The van der Waals surface area contributed by atoms with Gasteiger partial charge in [-0.15, -0.1) is 0 Å². The summed E-state index contributed by atoms with van der Waals surface area (Å²) in [5.41, 5.74) is 2.97. The number of halogens is 3. The molecule has 0 heterocycles. The SMILES string of the molecule is CCOc1ccc(-c2ccc(/C=C/c3ccc(-c4ccccc4)c(F)c3F)cc2)c(F)c1. The molecule has 4 rings (SSSR count). The third kappa shape index (κ3) is 4.59. The molecule has 0 aliphatic carbocycles. The van der Waals surface area contributed by atoms with Gasteiger partial charge in [-0.25, -0.2) is 13.2 Å². The van der Waals surface area contributed by atoms with Gasteiger partial charge < -0.3 is 4.74 Å². The summed E-state index contributed by atoms with van der Waals surface area (Å²) in [6, 6.07) is 23.9. The highest BCUT2D eigenvalue weighted by Crippen LogP contribution is 2.29. The van der Waals surface area contributed by atoms with E-state index in [1.807, 2.05) is 13.0 Å². The van der Waals surface area contributed by atoms with E-state index in [1.165, 1.54) is 12.1 Å². The predicted octanol–water partition coefficient (Wildman–Crippen LogP) is 8.01. The third-order valence-electron chi connectivity index (χ3n) is 5.13. The summed E-state index contributed by atoms with van der Waals surface area (Å²) in [6.07, 6.45) is 3.22. The molecule has 1 nitrogen and oxygen atoms in total. The Balaban J connectivity index is 1.54. The summed E-state index contributed by atoms with van der Waals surface area (Å²) >= 11 is 0. The van der Waals surface area contributed by atoms with E-state index in [2.05, 4.69) is 0 Å². The molecule has 0 aliphatic heterocycles. The van der Waals surface area contributed by atoms with Crippen LogP contribution in [0.2, 0.25) is 0 Å². The molecule has 0 saturated carbocycles. The largest absolute Gasteiger partial charge is 0.494 e. The first-order chi connectivity index (χ1) is 15.6. The number of ether oxygens (including phenoxy) is 1. The van der Waals surface area contributed by atoms with Gasteiger partial charge in [0.2, 0.25) is 0 Å². The first-order valence-electron chi connectivity index (χ1n) is 10.3. The van der Waals surface area contributed by atoms with Crippen molar-refractivity contribution >= 4 is 12.2 Å². The van der Waals surface area contributed by atoms with Crippen molar-refractivity contribution in [2.75, 3.05) is 6.61 Å². The highest BCUT2D eigenvalue weighted by atomic mass is 19.2. The molecule has 0 N–H and O–H groups in total. The number of hydrogen-bond acceptors (Lipinski definition) is 1. The van der Waals surface area contributed by atoms with E-state index in [1.54, 1.807) is 78.9 Å². The van der Waals surface area contributed by atoms with Gasteiger partial charge in [-0.3, -0.25) is 0 Å². The van der Waals surface area contributed by atoms with Crippen molar-refractivity contribution in [3.63, 3.8) is 0 Å². The maximum absolute atomic E-state index is 14.6. The summed E-state index contributed by atoms with van der Waals surface area (Å²) in [4.78, 5) is 0. The summed E-state index contributed by atoms with van der Waals surface area (Å²) in [6.45, 7) is 2.31. The molecular weight excluding hydrogens is 409 g/mol. The maximum Gasteiger partial charge on any atom is 0.167 e. The fourth-order valence-electron chi connectivity index (χ4n) is 3.48. The molecule has 0 radical (unpaired) electrons. The Morgan fingerprint density at radius 1 is 0.688 bits per heavy atom. The molecule has 0 spiro atoms. The van der Waals surface area contributed by atoms with Crippen molar-refractivity contribution in [3.8, 4) is 28.0 Å². The summed E-state index contributed by atoms with van der Waals surface area (Å²) in [5.74, 6) is -1.65. The third-order valence-corrected chi connectivity index (χ3v) is 5.13. The van der Waals surface area contributed by atoms with Crippen molar-refractivity contribution in [2.24, 2.45) is 0 Å². The zero-order valence-electron chi connectivity index (χ0n) is 17.5. The lowest BCUT2D eigenvalue weighted by molar-refractivity contribution is 0.338. The van der Waals surface area contributed by atoms with Crippen LogP contribution in [0.15, 0.2) is 84.9 Å². The highest BCUT2D eigenvalue weighted by molar-refractivity contribution is 5.74. The first kappa shape index (κ1) is 21.4. The van der Waals surface area contributed by atoms with E-state index in [-0.39, 0.29) is 16.9 Å². The molecule has 0 aliphatic rings. The lowest BCUT2D eigenvalue weighted by atomic mass is 10.0. The van der Waals surface area contributed by atoms with Crippen LogP contribution in [0, 0.1) is 17.5 Å². The molecule has 32 heavy (non-hydrogen) atoms. The lowest BCUT2D eigenvalue weighted by Crippen LogP contribution is -1.93. The van der Waals surface area contributed by atoms with Crippen LogP contribution in [0.25, 0.3) is 34.4 Å². The van der Waals surface area contributed by atoms with Crippen LogP contribution < -0.4 is 4.74 Å². The molecule has 0 bridgehead atoms. The van der Waals surface area contributed by atoms with Gasteiger partial charge in [-0.2, -0.15) is 0 Å². The molecule has 4 aromatic rings. The molecule has 0 saturated heterocycles. The molecule has 0 fully saturated rings. The Labute approximate surface area is 185 Å². The fourth-order valence-corrected chi connectivity index (χ4v) is 3.48. The number of rotatable bonds is 6. The van der Waals surface area contributed by atoms with Crippen molar-refractivity contribution in [1.29, 1.82) is 0 Å². The van der Waals surface area contributed by atoms with Crippen LogP contribution in [0.1, 0.15) is 18.1 Å².